The first-order valence-electron chi connectivity index (χ1n) is 8.99. The molecule has 2 aromatic rings. The van der Waals surface area contributed by atoms with Crippen LogP contribution in [-0.4, -0.2) is 52.2 Å². The predicted molar refractivity (Wildman–Crippen MR) is 94.3 cm³/mol. The van der Waals surface area contributed by atoms with E-state index in [9.17, 15) is 4.79 Å². The summed E-state index contributed by atoms with van der Waals surface area (Å²) in [6, 6.07) is 2.30. The Morgan fingerprint density at radius 1 is 1.38 bits per heavy atom. The summed E-state index contributed by atoms with van der Waals surface area (Å²) in [5.74, 6) is 1.22. The van der Waals surface area contributed by atoms with Crippen LogP contribution in [0.2, 0.25) is 0 Å². The maximum absolute atomic E-state index is 12.6. The molecule has 8 nitrogen and oxygen atoms in total. The standard InChI is InChI=1S/C18H23N5O3/c1-11-7-16(26-22-11)14-8-19-18(20-13-3-4-13)21-15(14)9-23(2)17(24)12-5-6-25-10-12/h7-8,12-13H,3-6,9-10H2,1-2H3,(H,19,20,21)/t12-/m1/s1. The van der Waals surface area contributed by atoms with E-state index in [0.29, 0.717) is 37.5 Å². The highest BCUT2D eigenvalue weighted by atomic mass is 16.5. The Labute approximate surface area is 151 Å². The Morgan fingerprint density at radius 3 is 2.88 bits per heavy atom. The second-order valence-corrected chi connectivity index (χ2v) is 7.06. The molecule has 2 aromatic heterocycles. The maximum atomic E-state index is 12.6. The van der Waals surface area contributed by atoms with E-state index in [1.165, 1.54) is 0 Å². The number of rotatable bonds is 6. The minimum atomic E-state index is -0.0677. The van der Waals surface area contributed by atoms with Gasteiger partial charge in [-0.2, -0.15) is 0 Å². The number of aryl methyl sites for hydroxylation is 1. The molecule has 0 spiro atoms. The van der Waals surface area contributed by atoms with Gasteiger partial charge in [0.1, 0.15) is 0 Å². The van der Waals surface area contributed by atoms with Gasteiger partial charge in [-0.1, -0.05) is 5.16 Å². The highest BCUT2D eigenvalue weighted by Crippen LogP contribution is 2.27. The van der Waals surface area contributed by atoms with Crippen molar-refractivity contribution < 1.29 is 14.1 Å². The molecule has 1 saturated heterocycles. The Morgan fingerprint density at radius 2 is 2.23 bits per heavy atom. The van der Waals surface area contributed by atoms with Crippen LogP contribution in [-0.2, 0) is 16.1 Å². The molecule has 4 rings (SSSR count). The second kappa shape index (κ2) is 7.03. The monoisotopic (exact) mass is 357 g/mol. The van der Waals surface area contributed by atoms with Crippen LogP contribution in [0, 0.1) is 12.8 Å². The van der Waals surface area contributed by atoms with E-state index in [-0.39, 0.29) is 11.8 Å². The third-order valence-electron chi connectivity index (χ3n) is 4.71. The molecular formula is C18H23N5O3. The molecular weight excluding hydrogens is 334 g/mol. The van der Waals surface area contributed by atoms with Crippen LogP contribution in [0.4, 0.5) is 5.95 Å². The van der Waals surface area contributed by atoms with Gasteiger partial charge in [-0.3, -0.25) is 4.79 Å². The van der Waals surface area contributed by atoms with Gasteiger partial charge in [-0.05, 0) is 26.2 Å². The number of hydrogen-bond donors (Lipinski definition) is 1. The molecule has 1 amide bonds. The molecule has 0 unspecified atom stereocenters. The molecule has 3 heterocycles. The molecule has 2 aliphatic rings. The summed E-state index contributed by atoms with van der Waals surface area (Å²) in [4.78, 5) is 23.4. The number of aromatic nitrogens is 3. The van der Waals surface area contributed by atoms with Crippen molar-refractivity contribution in [2.45, 2.75) is 38.8 Å². The van der Waals surface area contributed by atoms with E-state index in [2.05, 4.69) is 20.4 Å². The van der Waals surface area contributed by atoms with E-state index in [0.717, 1.165) is 36.2 Å². The van der Waals surface area contributed by atoms with Crippen molar-refractivity contribution in [2.75, 3.05) is 25.6 Å². The first-order valence-corrected chi connectivity index (χ1v) is 8.99. The van der Waals surface area contributed by atoms with Crippen LogP contribution in [0.3, 0.4) is 0 Å². The first-order chi connectivity index (χ1) is 12.6. The molecule has 0 bridgehead atoms. The lowest BCUT2D eigenvalue weighted by molar-refractivity contribution is -0.134. The SMILES string of the molecule is Cc1cc(-c2cnc(NC3CC3)nc2CN(C)C(=O)[C@@H]2CCOC2)on1. The zero-order valence-electron chi connectivity index (χ0n) is 15.1. The van der Waals surface area contributed by atoms with Crippen LogP contribution < -0.4 is 5.32 Å². The van der Waals surface area contributed by atoms with Gasteiger partial charge in [-0.25, -0.2) is 9.97 Å². The minimum absolute atomic E-state index is 0.0677. The van der Waals surface area contributed by atoms with E-state index >= 15 is 0 Å². The normalized spacial score (nSPS) is 19.5. The lowest BCUT2D eigenvalue weighted by Gasteiger charge is -2.21. The number of hydrogen-bond acceptors (Lipinski definition) is 7. The Hall–Kier alpha value is -2.48. The quantitative estimate of drug-likeness (QED) is 0.845. The molecule has 1 N–H and O–H groups in total. The zero-order chi connectivity index (χ0) is 18.1. The fourth-order valence-corrected chi connectivity index (χ4v) is 3.06. The zero-order valence-corrected chi connectivity index (χ0v) is 15.1. The summed E-state index contributed by atoms with van der Waals surface area (Å²) >= 11 is 0. The molecule has 2 fully saturated rings. The summed E-state index contributed by atoms with van der Waals surface area (Å²) < 4.78 is 10.7. The van der Waals surface area contributed by atoms with Crippen LogP contribution >= 0.6 is 0 Å². The average molecular weight is 357 g/mol. The largest absolute Gasteiger partial charge is 0.381 e. The number of nitrogens with zero attached hydrogens (tertiary/aromatic N) is 4. The predicted octanol–water partition coefficient (Wildman–Crippen LogP) is 2.01. The van der Waals surface area contributed by atoms with Gasteiger partial charge in [0.15, 0.2) is 5.76 Å². The fourth-order valence-electron chi connectivity index (χ4n) is 3.06. The third-order valence-corrected chi connectivity index (χ3v) is 4.71. The van der Waals surface area contributed by atoms with Gasteiger partial charge in [0.2, 0.25) is 11.9 Å². The van der Waals surface area contributed by atoms with Gasteiger partial charge < -0.3 is 19.5 Å². The van der Waals surface area contributed by atoms with Crippen molar-refractivity contribution >= 4 is 11.9 Å². The van der Waals surface area contributed by atoms with Crippen LogP contribution in [0.5, 0.6) is 0 Å². The number of anilines is 1. The molecule has 26 heavy (non-hydrogen) atoms. The van der Waals surface area contributed by atoms with Crippen molar-refractivity contribution in [1.82, 2.24) is 20.0 Å². The number of amides is 1. The summed E-state index contributed by atoms with van der Waals surface area (Å²) in [5, 5.41) is 7.25. The summed E-state index contributed by atoms with van der Waals surface area (Å²) in [6.45, 7) is 3.39. The molecule has 0 radical (unpaired) electrons. The fraction of sp³-hybridized carbons (Fsp3) is 0.556. The Bertz CT molecular complexity index is 796. The molecule has 1 saturated carbocycles. The van der Waals surface area contributed by atoms with Gasteiger partial charge >= 0.3 is 0 Å². The van der Waals surface area contributed by atoms with Crippen molar-refractivity contribution in [3.05, 3.63) is 23.7 Å². The van der Waals surface area contributed by atoms with E-state index in [1.807, 2.05) is 13.0 Å². The van der Waals surface area contributed by atoms with Gasteiger partial charge in [-0.15, -0.1) is 0 Å². The van der Waals surface area contributed by atoms with E-state index in [4.69, 9.17) is 9.26 Å². The number of carbonyl (C=O) groups excluding carboxylic acids is 1. The molecule has 1 atom stereocenters. The Balaban J connectivity index is 1.59. The van der Waals surface area contributed by atoms with Crippen molar-refractivity contribution in [3.63, 3.8) is 0 Å². The Kier molecular flexibility index (Phi) is 4.58. The topological polar surface area (TPSA) is 93.4 Å². The lowest BCUT2D eigenvalue weighted by Crippen LogP contribution is -2.33. The first kappa shape index (κ1) is 17.0. The maximum Gasteiger partial charge on any atom is 0.228 e. The number of ether oxygens (including phenoxy) is 1. The van der Waals surface area contributed by atoms with Gasteiger partial charge in [0, 0.05) is 32.0 Å². The van der Waals surface area contributed by atoms with Crippen LogP contribution in [0.25, 0.3) is 11.3 Å². The molecule has 8 heteroatoms. The summed E-state index contributed by atoms with van der Waals surface area (Å²) in [7, 11) is 1.80. The van der Waals surface area contributed by atoms with Crippen LogP contribution in [0.1, 0.15) is 30.7 Å². The third kappa shape index (κ3) is 3.70. The molecule has 1 aliphatic carbocycles. The number of carbonyl (C=O) groups is 1. The number of nitrogens with one attached hydrogen (secondary N) is 1. The highest BCUT2D eigenvalue weighted by Gasteiger charge is 2.28. The second-order valence-electron chi connectivity index (χ2n) is 7.06. The average Bonchev–Trinajstić information content (AvgIpc) is 3.10. The van der Waals surface area contributed by atoms with Crippen LogP contribution in [0.15, 0.2) is 16.8 Å². The molecule has 0 aromatic carbocycles. The minimum Gasteiger partial charge on any atom is -0.381 e. The smallest absolute Gasteiger partial charge is 0.228 e. The van der Waals surface area contributed by atoms with Crippen molar-refractivity contribution in [2.24, 2.45) is 5.92 Å². The van der Waals surface area contributed by atoms with Crippen molar-refractivity contribution in [1.29, 1.82) is 0 Å². The molecule has 1 aliphatic heterocycles. The van der Waals surface area contributed by atoms with E-state index in [1.54, 1.807) is 18.1 Å². The van der Waals surface area contributed by atoms with Gasteiger partial charge in [0.05, 0.1) is 36.0 Å². The lowest BCUT2D eigenvalue weighted by atomic mass is 10.1. The van der Waals surface area contributed by atoms with E-state index < -0.39 is 0 Å². The molecule has 138 valence electrons. The summed E-state index contributed by atoms with van der Waals surface area (Å²) in [6.07, 6.45) is 4.79. The summed E-state index contributed by atoms with van der Waals surface area (Å²) in [5.41, 5.74) is 2.29. The van der Waals surface area contributed by atoms with Crippen molar-refractivity contribution in [3.8, 4) is 11.3 Å². The van der Waals surface area contributed by atoms with Gasteiger partial charge in [0.25, 0.3) is 0 Å². The highest BCUT2D eigenvalue weighted by molar-refractivity contribution is 5.79.